The Balaban J connectivity index is 4.04. The van der Waals surface area contributed by atoms with Crippen LogP contribution in [-0.2, 0) is 27.9 Å². The molecule has 8 nitrogen and oxygen atoms in total. The highest BCUT2D eigenvalue weighted by molar-refractivity contribution is 7.47. The fourth-order valence-electron chi connectivity index (χ4n) is 8.43. The normalized spacial score (nSPS) is 13.5. The zero-order chi connectivity index (χ0) is 47.6. The van der Waals surface area contributed by atoms with E-state index in [-0.39, 0.29) is 25.8 Å². The van der Waals surface area contributed by atoms with Crippen LogP contribution in [0.2, 0.25) is 0 Å². The van der Waals surface area contributed by atoms with Gasteiger partial charge in [-0.3, -0.25) is 13.8 Å². The molecular weight excluding hydrogens is 830 g/mol. The zero-order valence-electron chi connectivity index (χ0n) is 44.3. The first-order valence-electron chi connectivity index (χ1n) is 28.4. The molecule has 2 atom stereocenters. The quantitative estimate of drug-likeness (QED) is 0.0213. The smallest absolute Gasteiger partial charge is 0.457 e. The number of hydrogen-bond donors (Lipinski definition) is 1. The third kappa shape index (κ3) is 54.1. The fraction of sp³-hybridized carbons (Fsp3) is 0.946. The van der Waals surface area contributed by atoms with Crippen LogP contribution in [0.4, 0.5) is 0 Å². The van der Waals surface area contributed by atoms with Crippen LogP contribution in [0.15, 0.2) is 12.2 Å². The van der Waals surface area contributed by atoms with Crippen molar-refractivity contribution in [2.24, 2.45) is 0 Å². The lowest BCUT2D eigenvalue weighted by Gasteiger charge is -2.24. The van der Waals surface area contributed by atoms with Crippen LogP contribution in [-0.4, -0.2) is 75.6 Å². The van der Waals surface area contributed by atoms with Gasteiger partial charge in [0, 0.05) is 13.0 Å². The summed E-state index contributed by atoms with van der Waals surface area (Å²) in [6.07, 6.45) is 58.4. The molecule has 0 heterocycles. The van der Waals surface area contributed by atoms with Gasteiger partial charge in [0.05, 0.1) is 34.4 Å². The number of unbranched alkanes of at least 4 members (excludes halogenated alkanes) is 38. The van der Waals surface area contributed by atoms with Crippen molar-refractivity contribution in [3.63, 3.8) is 0 Å². The zero-order valence-corrected chi connectivity index (χ0v) is 45.2. The number of carbonyl (C=O) groups is 1. The molecule has 2 unspecified atom stereocenters. The largest absolute Gasteiger partial charge is 0.472 e. The summed E-state index contributed by atoms with van der Waals surface area (Å²) in [5, 5.41) is 0. The van der Waals surface area contributed by atoms with Gasteiger partial charge in [-0.25, -0.2) is 4.57 Å². The van der Waals surface area contributed by atoms with Gasteiger partial charge in [0.1, 0.15) is 19.3 Å². The van der Waals surface area contributed by atoms with E-state index in [1.165, 1.54) is 231 Å². The first-order valence-corrected chi connectivity index (χ1v) is 29.9. The van der Waals surface area contributed by atoms with Crippen molar-refractivity contribution in [2.45, 2.75) is 290 Å². The Morgan fingerprint density at radius 1 is 0.462 bits per heavy atom. The van der Waals surface area contributed by atoms with Crippen LogP contribution in [0, 0.1) is 0 Å². The molecule has 0 bridgehead atoms. The summed E-state index contributed by atoms with van der Waals surface area (Å²) in [7, 11) is 1.69. The molecule has 0 aliphatic rings. The van der Waals surface area contributed by atoms with Gasteiger partial charge in [0.15, 0.2) is 0 Å². The molecular formula is C56H113NO7P+. The average molecular weight is 943 g/mol. The lowest BCUT2D eigenvalue weighted by Crippen LogP contribution is -2.37. The summed E-state index contributed by atoms with van der Waals surface area (Å²) in [5.74, 6) is -0.307. The minimum atomic E-state index is -4.28. The van der Waals surface area contributed by atoms with E-state index in [0.29, 0.717) is 24.1 Å². The molecule has 0 aliphatic heterocycles. The van der Waals surface area contributed by atoms with Gasteiger partial charge in [-0.1, -0.05) is 251 Å². The Bertz CT molecular complexity index is 1050. The average Bonchev–Trinajstić information content (AvgIpc) is 3.27. The second kappa shape index (κ2) is 49.7. The molecule has 388 valence electrons. The van der Waals surface area contributed by atoms with Crippen LogP contribution >= 0.6 is 7.82 Å². The molecule has 0 aromatic carbocycles. The molecule has 0 aromatic rings. The molecule has 0 amide bonds. The minimum absolute atomic E-state index is 0.0925. The van der Waals surface area contributed by atoms with Crippen molar-refractivity contribution in [2.75, 3.05) is 54.1 Å². The summed E-state index contributed by atoms with van der Waals surface area (Å²) in [4.78, 5) is 23.1. The Labute approximate surface area is 405 Å². The minimum Gasteiger partial charge on any atom is -0.457 e. The molecule has 0 rings (SSSR count). The van der Waals surface area contributed by atoms with E-state index < -0.39 is 13.9 Å². The van der Waals surface area contributed by atoms with Gasteiger partial charge in [0.2, 0.25) is 0 Å². The highest BCUT2D eigenvalue weighted by Gasteiger charge is 2.26. The summed E-state index contributed by atoms with van der Waals surface area (Å²) in [6, 6.07) is 0. The highest BCUT2D eigenvalue weighted by atomic mass is 31.2. The van der Waals surface area contributed by atoms with Crippen molar-refractivity contribution in [3.05, 3.63) is 12.2 Å². The van der Waals surface area contributed by atoms with Crippen molar-refractivity contribution >= 4 is 13.8 Å². The van der Waals surface area contributed by atoms with Crippen molar-refractivity contribution in [1.29, 1.82) is 0 Å². The Morgan fingerprint density at radius 3 is 1.17 bits per heavy atom. The summed E-state index contributed by atoms with van der Waals surface area (Å²) < 4.78 is 35.3. The molecule has 9 heteroatoms. The highest BCUT2D eigenvalue weighted by Crippen LogP contribution is 2.43. The predicted molar refractivity (Wildman–Crippen MR) is 280 cm³/mol. The van der Waals surface area contributed by atoms with Gasteiger partial charge in [-0.05, 0) is 38.5 Å². The Kier molecular flexibility index (Phi) is 49.1. The summed E-state index contributed by atoms with van der Waals surface area (Å²) in [6.45, 7) is 5.70. The molecule has 1 N–H and O–H groups in total. The standard InChI is InChI=1S/C56H112NO7P/c1-6-8-10-12-14-16-18-20-22-24-26-28-29-30-31-33-35-37-39-41-43-45-47-49-56(58)64-55(54-63-65(59,60)62-52-50-57(3,4)5)53-61-51-48-46-44-42-40-38-36-34-32-27-25-23-21-19-17-15-13-11-9-7-2/h24,26,55H,6-23,25,27-54H2,1-5H3/p+1/b26-24-. The molecule has 0 radical (unpaired) electrons. The molecule has 0 aromatic heterocycles. The van der Waals surface area contributed by atoms with Crippen LogP contribution in [0.25, 0.3) is 0 Å². The Hall–Kier alpha value is -0.760. The van der Waals surface area contributed by atoms with Crippen molar-refractivity contribution in [1.82, 2.24) is 0 Å². The maximum Gasteiger partial charge on any atom is 0.472 e. The van der Waals surface area contributed by atoms with E-state index in [1.807, 2.05) is 21.1 Å². The van der Waals surface area contributed by atoms with Gasteiger partial charge < -0.3 is 18.9 Å². The summed E-state index contributed by atoms with van der Waals surface area (Å²) >= 11 is 0. The second-order valence-electron chi connectivity index (χ2n) is 20.7. The van der Waals surface area contributed by atoms with Crippen molar-refractivity contribution in [3.8, 4) is 0 Å². The maximum atomic E-state index is 12.8. The van der Waals surface area contributed by atoms with Gasteiger partial charge in [0.25, 0.3) is 0 Å². The third-order valence-corrected chi connectivity index (χ3v) is 13.8. The first kappa shape index (κ1) is 64.2. The maximum absolute atomic E-state index is 12.8. The number of hydrogen-bond acceptors (Lipinski definition) is 6. The van der Waals surface area contributed by atoms with E-state index in [1.54, 1.807) is 0 Å². The van der Waals surface area contributed by atoms with E-state index in [9.17, 15) is 14.3 Å². The van der Waals surface area contributed by atoms with Crippen LogP contribution < -0.4 is 0 Å². The Morgan fingerprint density at radius 2 is 0.800 bits per heavy atom. The molecule has 0 spiro atoms. The number of phosphoric acid groups is 1. The number of likely N-dealkylation sites (N-methyl/N-ethyl adjacent to an activating group) is 1. The van der Waals surface area contributed by atoms with E-state index >= 15 is 0 Å². The number of esters is 1. The van der Waals surface area contributed by atoms with Crippen LogP contribution in [0.3, 0.4) is 0 Å². The third-order valence-electron chi connectivity index (χ3n) is 12.8. The van der Waals surface area contributed by atoms with Crippen LogP contribution in [0.5, 0.6) is 0 Å². The lowest BCUT2D eigenvalue weighted by molar-refractivity contribution is -0.870. The summed E-state index contributed by atoms with van der Waals surface area (Å²) in [5.41, 5.74) is 0. The number of ether oxygens (including phenoxy) is 2. The first-order chi connectivity index (χ1) is 31.6. The van der Waals surface area contributed by atoms with Gasteiger partial charge >= 0.3 is 13.8 Å². The number of phosphoric ester groups is 1. The van der Waals surface area contributed by atoms with Gasteiger partial charge in [-0.2, -0.15) is 0 Å². The number of allylic oxidation sites excluding steroid dienone is 2. The molecule has 65 heavy (non-hydrogen) atoms. The van der Waals surface area contributed by atoms with E-state index in [2.05, 4.69) is 26.0 Å². The second-order valence-corrected chi connectivity index (χ2v) is 22.1. The number of nitrogens with zero attached hydrogens (tertiary/aromatic N) is 1. The van der Waals surface area contributed by atoms with Crippen LogP contribution in [0.1, 0.15) is 284 Å². The lowest BCUT2D eigenvalue weighted by atomic mass is 10.0. The number of carbonyl (C=O) groups excluding carboxylic acids is 1. The van der Waals surface area contributed by atoms with Gasteiger partial charge in [-0.15, -0.1) is 0 Å². The SMILES string of the molecule is CCCCCCCCCC/C=C\CCCCCCCCCCCCCC(=O)OC(COCCCCCCCCCCCCCCCCCCCCCC)COP(=O)(O)OCC[N+](C)(C)C. The molecule has 0 aliphatic carbocycles. The fourth-order valence-corrected chi connectivity index (χ4v) is 9.18. The monoisotopic (exact) mass is 943 g/mol. The van der Waals surface area contributed by atoms with E-state index in [4.69, 9.17) is 18.5 Å². The molecule has 0 fully saturated rings. The topological polar surface area (TPSA) is 91.3 Å². The number of rotatable bonds is 54. The molecule has 0 saturated heterocycles. The predicted octanol–water partition coefficient (Wildman–Crippen LogP) is 17.7. The van der Waals surface area contributed by atoms with E-state index in [0.717, 1.165) is 32.1 Å². The molecule has 0 saturated carbocycles. The van der Waals surface area contributed by atoms with Crippen molar-refractivity contribution < 1.29 is 37.3 Å². The number of quaternary nitrogens is 1.